The van der Waals surface area contributed by atoms with Crippen molar-refractivity contribution in [3.05, 3.63) is 171 Å². The number of rotatable bonds is 6. The van der Waals surface area contributed by atoms with Gasteiger partial charge < -0.3 is 4.74 Å². The van der Waals surface area contributed by atoms with Crippen LogP contribution in [0, 0.1) is 11.8 Å². The van der Waals surface area contributed by atoms with Gasteiger partial charge in [-0.2, -0.15) is 0 Å². The molecule has 0 N–H and O–H groups in total. The highest BCUT2D eigenvalue weighted by atomic mass is 35.5. The minimum absolute atomic E-state index is 0.250. The Morgan fingerprint density at radius 2 is 1.00 bits per heavy atom. The maximum absolute atomic E-state index is 16.0. The Bertz CT molecular complexity index is 2070. The van der Waals surface area contributed by atoms with Gasteiger partial charge in [-0.15, -0.1) is 0 Å². The second-order valence-corrected chi connectivity index (χ2v) is 13.3. The summed E-state index contributed by atoms with van der Waals surface area (Å²) in [5.41, 5.74) is 1.44. The van der Waals surface area contributed by atoms with Crippen LogP contribution in [0.15, 0.2) is 133 Å². The lowest BCUT2D eigenvalue weighted by atomic mass is 9.59. The van der Waals surface area contributed by atoms with E-state index in [0.717, 1.165) is 11.1 Å². The van der Waals surface area contributed by atoms with Crippen molar-refractivity contribution in [2.24, 2.45) is 11.8 Å². The smallest absolute Gasteiger partial charge is 0.337 e. The van der Waals surface area contributed by atoms with E-state index >= 15 is 14.4 Å². The van der Waals surface area contributed by atoms with Gasteiger partial charge in [-0.3, -0.25) is 14.4 Å². The number of benzene rings is 5. The van der Waals surface area contributed by atoms with Gasteiger partial charge in [-0.25, -0.2) is 9.69 Å². The molecule has 1 saturated carbocycles. The van der Waals surface area contributed by atoms with Gasteiger partial charge in [0.1, 0.15) is 0 Å². The quantitative estimate of drug-likeness (QED) is 0.134. The number of allylic oxidation sites excluding steroid dienone is 2. The first-order chi connectivity index (χ1) is 23.8. The minimum Gasteiger partial charge on any atom is -0.465 e. The van der Waals surface area contributed by atoms with Gasteiger partial charge in [0.2, 0.25) is 11.8 Å². The average molecular weight is 685 g/mol. The summed E-state index contributed by atoms with van der Waals surface area (Å²) in [4.78, 5) is 59.6. The summed E-state index contributed by atoms with van der Waals surface area (Å²) in [5, 5.41) is 0.942. The Kier molecular flexibility index (Phi) is 7.21. The van der Waals surface area contributed by atoms with Crippen LogP contribution in [-0.2, 0) is 30.0 Å². The SMILES string of the molecule is COC(=O)c1ccc(N2C(=O)[C@H]3[C@H](C2=O)[C@@]2(c4ccc(Cl)cc4)C(=O)[C@@]3(c3ccc(Cl)cc3)C(c3ccccc3)=C2c2ccccc2)cc1. The van der Waals surface area contributed by atoms with Crippen LogP contribution in [0.25, 0.3) is 11.1 Å². The summed E-state index contributed by atoms with van der Waals surface area (Å²) in [7, 11) is 1.28. The Morgan fingerprint density at radius 1 is 0.592 bits per heavy atom. The van der Waals surface area contributed by atoms with E-state index in [1.807, 2.05) is 60.7 Å². The van der Waals surface area contributed by atoms with Crippen LogP contribution >= 0.6 is 23.2 Å². The van der Waals surface area contributed by atoms with Crippen molar-refractivity contribution in [1.29, 1.82) is 0 Å². The molecule has 8 rings (SSSR count). The zero-order valence-corrected chi connectivity index (χ0v) is 27.6. The summed E-state index contributed by atoms with van der Waals surface area (Å²) < 4.78 is 4.85. The number of Topliss-reactive ketones (excluding diaryl/α,β-unsaturated/α-hetero) is 1. The second kappa shape index (κ2) is 11.4. The Balaban J connectivity index is 1.50. The maximum Gasteiger partial charge on any atom is 0.337 e. The largest absolute Gasteiger partial charge is 0.465 e. The molecular weight excluding hydrogens is 657 g/mol. The molecule has 1 heterocycles. The number of carbonyl (C=O) groups excluding carboxylic acids is 4. The van der Waals surface area contributed by atoms with Crippen LogP contribution in [0.5, 0.6) is 0 Å². The molecule has 8 heteroatoms. The summed E-state index contributed by atoms with van der Waals surface area (Å²) in [6.45, 7) is 0. The predicted molar refractivity (Wildman–Crippen MR) is 188 cm³/mol. The summed E-state index contributed by atoms with van der Waals surface area (Å²) in [6, 6.07) is 39.3. The summed E-state index contributed by atoms with van der Waals surface area (Å²) in [6.07, 6.45) is 0. The molecule has 1 saturated heterocycles. The molecule has 2 amide bonds. The van der Waals surface area contributed by atoms with Gasteiger partial charge in [0.05, 0.1) is 41.0 Å². The van der Waals surface area contributed by atoms with Crippen molar-refractivity contribution in [2.75, 3.05) is 12.0 Å². The number of halogens is 2. The Labute approximate surface area is 292 Å². The van der Waals surface area contributed by atoms with Crippen molar-refractivity contribution in [3.63, 3.8) is 0 Å². The number of esters is 1. The van der Waals surface area contributed by atoms with Gasteiger partial charge in [0.15, 0.2) is 5.78 Å². The molecule has 0 radical (unpaired) electrons. The monoisotopic (exact) mass is 683 g/mol. The van der Waals surface area contributed by atoms with Crippen molar-refractivity contribution >= 4 is 63.6 Å². The van der Waals surface area contributed by atoms with Gasteiger partial charge >= 0.3 is 5.97 Å². The van der Waals surface area contributed by atoms with E-state index < -0.39 is 40.4 Å². The van der Waals surface area contributed by atoms with Gasteiger partial charge in [-0.05, 0) is 81.9 Å². The van der Waals surface area contributed by atoms with Crippen LogP contribution in [0.4, 0.5) is 5.69 Å². The first-order valence-corrected chi connectivity index (χ1v) is 16.5. The molecule has 5 aromatic rings. The number of amides is 2. The first kappa shape index (κ1) is 31.0. The fourth-order valence-corrected chi connectivity index (χ4v) is 8.73. The van der Waals surface area contributed by atoms with Crippen molar-refractivity contribution in [2.45, 2.75) is 10.8 Å². The molecule has 2 bridgehead atoms. The van der Waals surface area contributed by atoms with Gasteiger partial charge in [0.25, 0.3) is 0 Å². The minimum atomic E-state index is -1.57. The Morgan fingerprint density at radius 3 is 1.39 bits per heavy atom. The second-order valence-electron chi connectivity index (χ2n) is 12.4. The lowest BCUT2D eigenvalue weighted by Crippen LogP contribution is -2.45. The topological polar surface area (TPSA) is 80.8 Å². The molecule has 3 aliphatic rings. The van der Waals surface area contributed by atoms with Crippen LogP contribution in [0.2, 0.25) is 10.0 Å². The molecule has 2 aliphatic carbocycles. The van der Waals surface area contributed by atoms with Crippen molar-refractivity contribution in [3.8, 4) is 0 Å². The molecule has 4 atom stereocenters. The lowest BCUT2D eigenvalue weighted by Gasteiger charge is -2.39. The van der Waals surface area contributed by atoms with Gasteiger partial charge in [0, 0.05) is 10.0 Å². The number of carbonyl (C=O) groups is 4. The van der Waals surface area contributed by atoms with E-state index in [2.05, 4.69) is 0 Å². The highest BCUT2D eigenvalue weighted by Crippen LogP contribution is 2.74. The third-order valence-electron chi connectivity index (χ3n) is 10.3. The number of anilines is 1. The third kappa shape index (κ3) is 4.14. The molecule has 240 valence electrons. The van der Waals surface area contributed by atoms with E-state index in [0.29, 0.717) is 38.0 Å². The van der Waals surface area contributed by atoms with E-state index in [1.165, 1.54) is 24.1 Å². The lowest BCUT2D eigenvalue weighted by molar-refractivity contribution is -0.130. The molecule has 1 aliphatic heterocycles. The first-order valence-electron chi connectivity index (χ1n) is 15.8. The zero-order valence-electron chi connectivity index (χ0n) is 26.1. The number of ketones is 1. The number of nitrogens with zero attached hydrogens (tertiary/aromatic N) is 1. The number of fused-ring (bicyclic) bond motifs is 5. The van der Waals surface area contributed by atoms with E-state index in [4.69, 9.17) is 27.9 Å². The molecule has 5 aromatic carbocycles. The highest BCUT2D eigenvalue weighted by molar-refractivity contribution is 6.39. The number of imide groups is 1. The third-order valence-corrected chi connectivity index (χ3v) is 10.8. The number of methoxy groups -OCH3 is 1. The fraction of sp³-hybridized carbons (Fsp3) is 0.122. The van der Waals surface area contributed by atoms with Crippen LogP contribution in [0.1, 0.15) is 32.6 Å². The molecule has 0 aromatic heterocycles. The number of hydrogen-bond acceptors (Lipinski definition) is 5. The van der Waals surface area contributed by atoms with Crippen LogP contribution in [-0.4, -0.2) is 30.7 Å². The van der Waals surface area contributed by atoms with Crippen LogP contribution < -0.4 is 4.90 Å². The number of ether oxygens (including phenoxy) is 1. The normalized spacial score (nSPS) is 24.1. The highest BCUT2D eigenvalue weighted by Gasteiger charge is 2.82. The summed E-state index contributed by atoms with van der Waals surface area (Å²) >= 11 is 12.8. The average Bonchev–Trinajstić information content (AvgIpc) is 3.64. The van der Waals surface area contributed by atoms with Crippen LogP contribution in [0.3, 0.4) is 0 Å². The van der Waals surface area contributed by atoms with E-state index in [-0.39, 0.29) is 11.3 Å². The standard InChI is InChI=1S/C41H27Cl2NO5/c1-49-38(47)26-12-22-31(23-13-26)44-36(45)34-35(37(44)46)41(28-16-20-30(43)21-17-28)33(25-10-6-3-7-11-25)32(24-8-4-2-5-9-24)40(34,39(41)48)27-14-18-29(42)19-15-27/h2-23,34-35H,1H3/t34-,35-,40+,41+/m1/s1. The molecule has 2 fully saturated rings. The van der Waals surface area contributed by atoms with Crippen molar-refractivity contribution in [1.82, 2.24) is 0 Å². The van der Waals surface area contributed by atoms with Gasteiger partial charge in [-0.1, -0.05) is 108 Å². The predicted octanol–water partition coefficient (Wildman–Crippen LogP) is 7.97. The number of hydrogen-bond donors (Lipinski definition) is 0. The molecule has 6 nitrogen and oxygen atoms in total. The van der Waals surface area contributed by atoms with Crippen molar-refractivity contribution < 1.29 is 23.9 Å². The zero-order chi connectivity index (χ0) is 34.1. The molecule has 0 unspecified atom stereocenters. The Hall–Kier alpha value is -5.30. The summed E-state index contributed by atoms with van der Waals surface area (Å²) in [5.74, 6) is -4.00. The fourth-order valence-electron chi connectivity index (χ4n) is 8.48. The van der Waals surface area contributed by atoms with E-state index in [9.17, 15) is 4.79 Å². The van der Waals surface area contributed by atoms with E-state index in [1.54, 1.807) is 60.7 Å². The molecule has 0 spiro atoms. The molecular formula is C41H27Cl2NO5. The maximum atomic E-state index is 16.0. The molecule has 49 heavy (non-hydrogen) atoms.